The number of benzene rings is 1. The summed E-state index contributed by atoms with van der Waals surface area (Å²) in [6, 6.07) is 6.86. The first kappa shape index (κ1) is 20.4. The molecule has 0 radical (unpaired) electrons. The van der Waals surface area contributed by atoms with Crippen molar-refractivity contribution in [3.8, 4) is 0 Å². The van der Waals surface area contributed by atoms with Crippen molar-refractivity contribution in [2.75, 3.05) is 13.1 Å². The average molecular weight is 401 g/mol. The van der Waals surface area contributed by atoms with E-state index in [1.165, 1.54) is 31.4 Å². The van der Waals surface area contributed by atoms with E-state index >= 15 is 0 Å². The van der Waals surface area contributed by atoms with Gasteiger partial charge in [0.25, 0.3) is 0 Å². The number of piperidine rings is 1. The highest BCUT2D eigenvalue weighted by Gasteiger charge is 2.46. The smallest absolute Gasteiger partial charge is 0.233 e. The number of likely N-dealkylation sites (tertiary alicyclic amines) is 1. The Kier molecular flexibility index (Phi) is 6.21. The first-order chi connectivity index (χ1) is 14.1. The average Bonchev–Trinajstić information content (AvgIpc) is 3.25. The number of halogens is 1. The summed E-state index contributed by atoms with van der Waals surface area (Å²) < 4.78 is 13.9. The third-order valence-corrected chi connectivity index (χ3v) is 7.27. The van der Waals surface area contributed by atoms with Gasteiger partial charge in [-0.25, -0.2) is 4.39 Å². The second-order valence-corrected chi connectivity index (χ2v) is 9.23. The number of hydrogen-bond acceptors (Lipinski definition) is 2. The van der Waals surface area contributed by atoms with Gasteiger partial charge in [0.05, 0.1) is 11.3 Å². The van der Waals surface area contributed by atoms with Crippen LogP contribution in [0, 0.1) is 11.7 Å². The molecule has 2 saturated carbocycles. The third-order valence-electron chi connectivity index (χ3n) is 7.27. The van der Waals surface area contributed by atoms with E-state index in [4.69, 9.17) is 0 Å². The highest BCUT2D eigenvalue weighted by molar-refractivity contribution is 5.89. The number of carbonyl (C=O) groups is 2. The molecule has 1 saturated heterocycles. The molecule has 1 aromatic rings. The van der Waals surface area contributed by atoms with Gasteiger partial charge in [0.2, 0.25) is 11.8 Å². The fourth-order valence-corrected chi connectivity index (χ4v) is 5.63. The second-order valence-electron chi connectivity index (χ2n) is 9.23. The van der Waals surface area contributed by atoms with Gasteiger partial charge < -0.3 is 10.2 Å². The van der Waals surface area contributed by atoms with Gasteiger partial charge in [0.1, 0.15) is 5.82 Å². The van der Waals surface area contributed by atoms with Crippen LogP contribution in [0.25, 0.3) is 0 Å². The minimum atomic E-state index is -0.621. The molecule has 0 spiro atoms. The molecular weight excluding hydrogens is 367 g/mol. The van der Waals surface area contributed by atoms with Crippen molar-refractivity contribution in [2.24, 2.45) is 5.92 Å². The summed E-state index contributed by atoms with van der Waals surface area (Å²) in [5.41, 5.74) is 0.179. The molecule has 2 aliphatic carbocycles. The maximum absolute atomic E-state index is 13.9. The molecule has 1 atom stereocenters. The van der Waals surface area contributed by atoms with E-state index in [0.717, 1.165) is 56.9 Å². The lowest BCUT2D eigenvalue weighted by molar-refractivity contribution is -0.141. The lowest BCUT2D eigenvalue weighted by atomic mass is 9.77. The predicted octanol–water partition coefficient (Wildman–Crippen LogP) is 4.33. The Morgan fingerprint density at radius 1 is 1.00 bits per heavy atom. The van der Waals surface area contributed by atoms with Gasteiger partial charge in [-0.15, -0.1) is 0 Å². The lowest BCUT2D eigenvalue weighted by Gasteiger charge is -2.39. The first-order valence-corrected chi connectivity index (χ1v) is 11.4. The van der Waals surface area contributed by atoms with Crippen molar-refractivity contribution in [1.29, 1.82) is 0 Å². The van der Waals surface area contributed by atoms with Crippen LogP contribution in [0.5, 0.6) is 0 Å². The van der Waals surface area contributed by atoms with Crippen LogP contribution >= 0.6 is 0 Å². The van der Waals surface area contributed by atoms with Crippen molar-refractivity contribution in [1.82, 2.24) is 10.2 Å². The van der Waals surface area contributed by atoms with Crippen LogP contribution in [0.15, 0.2) is 24.3 Å². The zero-order valence-corrected chi connectivity index (χ0v) is 17.3. The molecule has 1 aliphatic heterocycles. The van der Waals surface area contributed by atoms with E-state index in [-0.39, 0.29) is 23.5 Å². The fourth-order valence-electron chi connectivity index (χ4n) is 5.63. The number of hydrogen-bond donors (Lipinski definition) is 1. The van der Waals surface area contributed by atoms with Crippen molar-refractivity contribution in [3.63, 3.8) is 0 Å². The molecule has 0 bridgehead atoms. The van der Waals surface area contributed by atoms with E-state index in [0.29, 0.717) is 19.1 Å². The standard InChI is InChI=1S/C24H33FN2O2/c25-20-10-6-9-19(16-20)24(13-4-5-14-24)23(29)27-15-7-8-18(17-27)22(28)26-21-11-2-1-3-12-21/h6,9-10,16,18,21H,1-5,7-8,11-15,17H2,(H,26,28). The normalized spacial score (nSPS) is 25.0. The summed E-state index contributed by atoms with van der Waals surface area (Å²) in [5.74, 6) is -0.207. The van der Waals surface area contributed by atoms with Gasteiger partial charge in [0, 0.05) is 19.1 Å². The molecule has 1 N–H and O–H groups in total. The Bertz CT molecular complexity index is 738. The van der Waals surface area contributed by atoms with Crippen LogP contribution in [0.2, 0.25) is 0 Å². The minimum absolute atomic E-state index is 0.0933. The van der Waals surface area contributed by atoms with Crippen LogP contribution in [0.1, 0.15) is 76.2 Å². The predicted molar refractivity (Wildman–Crippen MR) is 111 cm³/mol. The van der Waals surface area contributed by atoms with Crippen molar-refractivity contribution < 1.29 is 14.0 Å². The van der Waals surface area contributed by atoms with Crippen molar-refractivity contribution in [3.05, 3.63) is 35.6 Å². The molecule has 1 unspecified atom stereocenters. The molecule has 5 heteroatoms. The van der Waals surface area contributed by atoms with Gasteiger partial charge in [-0.3, -0.25) is 9.59 Å². The Morgan fingerprint density at radius 3 is 2.48 bits per heavy atom. The molecule has 2 amide bonds. The molecule has 3 aliphatic rings. The molecule has 4 nitrogen and oxygen atoms in total. The minimum Gasteiger partial charge on any atom is -0.353 e. The topological polar surface area (TPSA) is 49.4 Å². The number of carbonyl (C=O) groups excluding carboxylic acids is 2. The summed E-state index contributed by atoms with van der Waals surface area (Å²) in [5, 5.41) is 3.24. The molecule has 3 fully saturated rings. The Hall–Kier alpha value is -1.91. The number of nitrogens with zero attached hydrogens (tertiary/aromatic N) is 1. The van der Waals surface area contributed by atoms with Gasteiger partial charge in [0.15, 0.2) is 0 Å². The van der Waals surface area contributed by atoms with Gasteiger partial charge in [-0.2, -0.15) is 0 Å². The monoisotopic (exact) mass is 400 g/mol. The summed E-state index contributed by atoms with van der Waals surface area (Å²) in [4.78, 5) is 28.4. The Labute approximate surface area is 173 Å². The summed E-state index contributed by atoms with van der Waals surface area (Å²) in [6.07, 6.45) is 11.0. The van der Waals surface area contributed by atoms with E-state index in [2.05, 4.69) is 5.32 Å². The molecule has 4 rings (SSSR count). The summed E-state index contributed by atoms with van der Waals surface area (Å²) >= 11 is 0. The molecule has 158 valence electrons. The highest BCUT2D eigenvalue weighted by atomic mass is 19.1. The largest absolute Gasteiger partial charge is 0.353 e. The van der Waals surface area contributed by atoms with Gasteiger partial charge in [-0.1, -0.05) is 44.2 Å². The summed E-state index contributed by atoms with van der Waals surface area (Å²) in [7, 11) is 0. The molecule has 1 heterocycles. The fraction of sp³-hybridized carbons (Fsp3) is 0.667. The van der Waals surface area contributed by atoms with Crippen LogP contribution in [0.3, 0.4) is 0 Å². The van der Waals surface area contributed by atoms with E-state index in [1.54, 1.807) is 6.07 Å². The first-order valence-electron chi connectivity index (χ1n) is 11.4. The number of nitrogens with one attached hydrogen (secondary N) is 1. The SMILES string of the molecule is O=C(NC1CCCCC1)C1CCCN(C(=O)C2(c3cccc(F)c3)CCCC2)C1. The summed E-state index contributed by atoms with van der Waals surface area (Å²) in [6.45, 7) is 1.19. The van der Waals surface area contributed by atoms with E-state index in [9.17, 15) is 14.0 Å². The van der Waals surface area contributed by atoms with Gasteiger partial charge in [-0.05, 0) is 56.2 Å². The van der Waals surface area contributed by atoms with Crippen molar-refractivity contribution in [2.45, 2.75) is 82.1 Å². The molecule has 29 heavy (non-hydrogen) atoms. The zero-order valence-electron chi connectivity index (χ0n) is 17.3. The van der Waals surface area contributed by atoms with E-state index < -0.39 is 5.41 Å². The quantitative estimate of drug-likeness (QED) is 0.818. The number of rotatable bonds is 4. The van der Waals surface area contributed by atoms with E-state index in [1.807, 2.05) is 11.0 Å². The number of amides is 2. The second kappa shape index (κ2) is 8.85. The van der Waals surface area contributed by atoms with Gasteiger partial charge >= 0.3 is 0 Å². The molecular formula is C24H33FN2O2. The highest BCUT2D eigenvalue weighted by Crippen LogP contribution is 2.43. The molecule has 0 aromatic heterocycles. The Balaban J connectivity index is 1.46. The third kappa shape index (κ3) is 4.34. The van der Waals surface area contributed by atoms with Crippen LogP contribution in [-0.2, 0) is 15.0 Å². The molecule has 1 aromatic carbocycles. The van der Waals surface area contributed by atoms with Crippen LogP contribution in [0.4, 0.5) is 4.39 Å². The zero-order chi connectivity index (χ0) is 20.3. The maximum Gasteiger partial charge on any atom is 0.233 e. The van der Waals surface area contributed by atoms with Crippen molar-refractivity contribution >= 4 is 11.8 Å². The maximum atomic E-state index is 13.9. The van der Waals surface area contributed by atoms with Crippen LogP contribution in [-0.4, -0.2) is 35.8 Å². The Morgan fingerprint density at radius 2 is 1.76 bits per heavy atom. The lowest BCUT2D eigenvalue weighted by Crippen LogP contribution is -2.52. The van der Waals surface area contributed by atoms with Crippen LogP contribution < -0.4 is 5.32 Å².